The minimum absolute atomic E-state index is 0.109. The van der Waals surface area contributed by atoms with Gasteiger partial charge >= 0.3 is 0 Å². The molecule has 0 radical (unpaired) electrons. The van der Waals surface area contributed by atoms with Crippen molar-refractivity contribution >= 4 is 56.7 Å². The second-order valence-electron chi connectivity index (χ2n) is 11.6. The summed E-state index contributed by atoms with van der Waals surface area (Å²) in [6.45, 7) is 6.33. The maximum atomic E-state index is 13.5. The van der Waals surface area contributed by atoms with Gasteiger partial charge in [0.05, 0.1) is 34.3 Å². The van der Waals surface area contributed by atoms with Crippen LogP contribution in [0.25, 0.3) is 33.3 Å². The number of fused-ring (bicyclic) bond motifs is 2. The van der Waals surface area contributed by atoms with E-state index in [0.29, 0.717) is 40.1 Å². The maximum absolute atomic E-state index is 13.5. The predicted octanol–water partition coefficient (Wildman–Crippen LogP) is 5.92. The molecule has 0 saturated heterocycles. The Bertz CT molecular complexity index is 1970. The predicted molar refractivity (Wildman–Crippen MR) is 170 cm³/mol. The molecule has 2 aromatic carbocycles. The molecule has 0 fully saturated rings. The summed E-state index contributed by atoms with van der Waals surface area (Å²) in [5.41, 5.74) is 3.02. The molecule has 0 aliphatic rings. The van der Waals surface area contributed by atoms with Crippen molar-refractivity contribution in [2.45, 2.75) is 46.2 Å². The largest absolute Gasteiger partial charge is 0.355 e. The van der Waals surface area contributed by atoms with E-state index in [1.54, 1.807) is 30.6 Å². The molecule has 44 heavy (non-hydrogen) atoms. The number of carbonyl (C=O) groups excluding carboxylic acids is 2. The third kappa shape index (κ3) is 5.95. The molecule has 226 valence electrons. The van der Waals surface area contributed by atoms with Crippen molar-refractivity contribution in [2.75, 3.05) is 7.05 Å². The number of aromatic nitrogens is 6. The number of nitrogens with one attached hydrogen (secondary N) is 3. The number of hydrogen-bond donors (Lipinski definition) is 3. The quantitative estimate of drug-likeness (QED) is 0.180. The Morgan fingerprint density at radius 3 is 2.75 bits per heavy atom. The van der Waals surface area contributed by atoms with E-state index < -0.39 is 5.41 Å². The Morgan fingerprint density at radius 2 is 2.00 bits per heavy atom. The molecule has 0 spiro atoms. The van der Waals surface area contributed by atoms with Crippen LogP contribution in [0.4, 0.5) is 0 Å². The average molecular weight is 631 g/mol. The highest BCUT2D eigenvalue weighted by molar-refractivity contribution is 7.09. The van der Waals surface area contributed by atoms with Crippen LogP contribution in [0.1, 0.15) is 60.2 Å². The van der Waals surface area contributed by atoms with E-state index in [9.17, 15) is 9.59 Å². The Balaban J connectivity index is 1.35. The monoisotopic (exact) mass is 630 g/mol. The van der Waals surface area contributed by atoms with Gasteiger partial charge in [-0.25, -0.2) is 4.98 Å². The molecule has 0 aliphatic carbocycles. The number of hydrogen-bond acceptors (Lipinski definition) is 8. The second-order valence-corrected chi connectivity index (χ2v) is 13.0. The van der Waals surface area contributed by atoms with Crippen LogP contribution in [0.5, 0.6) is 0 Å². The zero-order valence-corrected chi connectivity index (χ0v) is 26.2. The van der Waals surface area contributed by atoms with Crippen molar-refractivity contribution in [3.8, 4) is 11.4 Å². The molecule has 6 rings (SSSR count). The number of carbonyl (C=O) groups is 2. The average Bonchev–Trinajstić information content (AvgIpc) is 3.81. The van der Waals surface area contributed by atoms with E-state index in [2.05, 4.69) is 51.7 Å². The Morgan fingerprint density at radius 1 is 1.16 bits per heavy atom. The standard InChI is InChI=1S/C31H31ClN8O3S/c1-31(2,3)25(14-27(41)34-16-28-37-26(39-43-28)13-19-6-5-9-44-19)40-24-12-17(30(42)33-4)7-8-22(24)36-29(40)18-10-21(32)20-15-35-38-23(20)11-18/h5-12,15,25H,13-14,16H2,1-4H3,(H,33,42)(H,34,41)(H,35,38). The number of halogens is 1. The summed E-state index contributed by atoms with van der Waals surface area (Å²) in [6, 6.07) is 12.8. The molecule has 0 saturated carbocycles. The number of thiophene rings is 1. The number of nitrogens with zero attached hydrogens (tertiary/aromatic N) is 5. The van der Waals surface area contributed by atoms with Crippen molar-refractivity contribution in [2.24, 2.45) is 5.41 Å². The summed E-state index contributed by atoms with van der Waals surface area (Å²) in [6.07, 6.45) is 2.38. The topological polar surface area (TPSA) is 144 Å². The van der Waals surface area contributed by atoms with Crippen LogP contribution in [0, 0.1) is 5.41 Å². The minimum atomic E-state index is -0.400. The summed E-state index contributed by atoms with van der Waals surface area (Å²) >= 11 is 8.28. The number of amides is 2. The summed E-state index contributed by atoms with van der Waals surface area (Å²) < 4.78 is 7.43. The Kier molecular flexibility index (Phi) is 7.95. The number of aromatic amines is 1. The lowest BCUT2D eigenvalue weighted by Gasteiger charge is -2.33. The molecule has 2 amide bonds. The van der Waals surface area contributed by atoms with Crippen LogP contribution in [0.3, 0.4) is 0 Å². The molecule has 0 bridgehead atoms. The van der Waals surface area contributed by atoms with Crippen LogP contribution in [-0.4, -0.2) is 48.8 Å². The molecule has 1 unspecified atom stereocenters. The zero-order valence-electron chi connectivity index (χ0n) is 24.6. The second kappa shape index (κ2) is 11.9. The van der Waals surface area contributed by atoms with Crippen LogP contribution < -0.4 is 10.6 Å². The zero-order chi connectivity index (χ0) is 31.0. The van der Waals surface area contributed by atoms with Gasteiger partial charge in [0, 0.05) is 47.3 Å². The SMILES string of the molecule is CNC(=O)c1ccc2nc(-c3cc(Cl)c4cn[nH]c4c3)n(C(CC(=O)NCc3nc(Cc4cccs4)no3)C(C)(C)C)c2c1. The van der Waals surface area contributed by atoms with E-state index in [0.717, 1.165) is 26.9 Å². The lowest BCUT2D eigenvalue weighted by Crippen LogP contribution is -2.32. The van der Waals surface area contributed by atoms with Crippen molar-refractivity contribution < 1.29 is 14.1 Å². The highest BCUT2D eigenvalue weighted by Crippen LogP contribution is 2.41. The van der Waals surface area contributed by atoms with Gasteiger partial charge in [-0.3, -0.25) is 14.7 Å². The fraction of sp³-hybridized carbons (Fsp3) is 0.290. The third-order valence-corrected chi connectivity index (χ3v) is 8.68. The van der Waals surface area contributed by atoms with E-state index in [4.69, 9.17) is 21.1 Å². The molecule has 3 N–H and O–H groups in total. The van der Waals surface area contributed by atoms with Gasteiger partial charge < -0.3 is 19.7 Å². The van der Waals surface area contributed by atoms with Gasteiger partial charge in [-0.1, -0.05) is 43.6 Å². The van der Waals surface area contributed by atoms with E-state index in [1.807, 2.05) is 46.3 Å². The first-order valence-corrected chi connectivity index (χ1v) is 15.3. The van der Waals surface area contributed by atoms with Gasteiger partial charge in [-0.15, -0.1) is 11.3 Å². The number of imidazole rings is 1. The van der Waals surface area contributed by atoms with Gasteiger partial charge in [0.15, 0.2) is 5.82 Å². The van der Waals surface area contributed by atoms with Crippen LogP contribution in [-0.2, 0) is 17.8 Å². The summed E-state index contributed by atoms with van der Waals surface area (Å²) in [7, 11) is 1.59. The van der Waals surface area contributed by atoms with Crippen molar-refractivity contribution in [3.63, 3.8) is 0 Å². The van der Waals surface area contributed by atoms with Gasteiger partial charge in [-0.2, -0.15) is 10.1 Å². The molecule has 6 aromatic rings. The lowest BCUT2D eigenvalue weighted by molar-refractivity contribution is -0.122. The van der Waals surface area contributed by atoms with Gasteiger partial charge in [0.2, 0.25) is 11.8 Å². The number of rotatable bonds is 9. The third-order valence-electron chi connectivity index (χ3n) is 7.49. The normalized spacial score (nSPS) is 12.6. The fourth-order valence-electron chi connectivity index (χ4n) is 5.24. The van der Waals surface area contributed by atoms with Crippen LogP contribution in [0.2, 0.25) is 5.02 Å². The first kappa shape index (κ1) is 29.5. The molecule has 4 heterocycles. The molecule has 4 aromatic heterocycles. The molecule has 13 heteroatoms. The van der Waals surface area contributed by atoms with E-state index in [1.165, 1.54) is 0 Å². The van der Waals surface area contributed by atoms with Gasteiger partial charge in [0.25, 0.3) is 5.91 Å². The van der Waals surface area contributed by atoms with Crippen molar-refractivity contribution in [1.29, 1.82) is 0 Å². The smallest absolute Gasteiger partial charge is 0.251 e. The molecular weight excluding hydrogens is 600 g/mol. The number of H-pyrrole nitrogens is 1. The van der Waals surface area contributed by atoms with Gasteiger partial charge in [-0.05, 0) is 47.2 Å². The van der Waals surface area contributed by atoms with Crippen molar-refractivity contribution in [1.82, 2.24) is 40.5 Å². The summed E-state index contributed by atoms with van der Waals surface area (Å²) in [5.74, 6) is 1.11. The highest BCUT2D eigenvalue weighted by Gasteiger charge is 2.33. The van der Waals surface area contributed by atoms with E-state index >= 15 is 0 Å². The summed E-state index contributed by atoms with van der Waals surface area (Å²) in [4.78, 5) is 36.7. The molecule has 11 nitrogen and oxygen atoms in total. The first-order chi connectivity index (χ1) is 21.1. The maximum Gasteiger partial charge on any atom is 0.251 e. The lowest BCUT2D eigenvalue weighted by atomic mass is 9.84. The summed E-state index contributed by atoms with van der Waals surface area (Å²) in [5, 5.41) is 20.1. The Hall–Kier alpha value is -4.55. The Labute approximate surface area is 262 Å². The fourth-order valence-corrected chi connectivity index (χ4v) is 6.21. The number of benzene rings is 2. The molecule has 0 aliphatic heterocycles. The van der Waals surface area contributed by atoms with Crippen molar-refractivity contribution in [3.05, 3.63) is 81.2 Å². The highest BCUT2D eigenvalue weighted by atomic mass is 35.5. The van der Waals surface area contributed by atoms with Crippen LogP contribution >= 0.6 is 22.9 Å². The van der Waals surface area contributed by atoms with E-state index in [-0.39, 0.29) is 30.8 Å². The van der Waals surface area contributed by atoms with Crippen LogP contribution in [0.15, 0.2) is 58.6 Å². The molecular formula is C31H31ClN8O3S. The first-order valence-electron chi connectivity index (χ1n) is 14.1. The molecule has 1 atom stereocenters. The van der Waals surface area contributed by atoms with Gasteiger partial charge in [0.1, 0.15) is 5.82 Å². The minimum Gasteiger partial charge on any atom is -0.355 e.